The molecular formula is C14H32N2OS. The van der Waals surface area contributed by atoms with Crippen LogP contribution in [0.4, 0.5) is 0 Å². The van der Waals surface area contributed by atoms with E-state index in [9.17, 15) is 0 Å². The van der Waals surface area contributed by atoms with Crippen LogP contribution < -0.4 is 5.32 Å². The molecule has 3 nitrogen and oxygen atoms in total. The summed E-state index contributed by atoms with van der Waals surface area (Å²) in [5.74, 6) is 1.93. The third-order valence-electron chi connectivity index (χ3n) is 3.30. The molecule has 18 heavy (non-hydrogen) atoms. The number of ether oxygens (including phenoxy) is 1. The van der Waals surface area contributed by atoms with Gasteiger partial charge in [0.2, 0.25) is 0 Å². The molecule has 0 amide bonds. The molecule has 0 aliphatic rings. The van der Waals surface area contributed by atoms with Gasteiger partial charge < -0.3 is 10.1 Å². The molecule has 2 atom stereocenters. The topological polar surface area (TPSA) is 24.5 Å². The molecule has 0 aliphatic heterocycles. The van der Waals surface area contributed by atoms with Crippen LogP contribution in [-0.2, 0) is 4.74 Å². The molecule has 0 saturated heterocycles. The number of rotatable bonds is 11. The highest BCUT2D eigenvalue weighted by molar-refractivity contribution is 7.98. The zero-order chi connectivity index (χ0) is 14.0. The van der Waals surface area contributed by atoms with Crippen LogP contribution in [0.1, 0.15) is 27.2 Å². The molecule has 1 N–H and O–H groups in total. The highest BCUT2D eigenvalue weighted by Gasteiger charge is 2.19. The second-order valence-electron chi connectivity index (χ2n) is 5.46. The predicted molar refractivity (Wildman–Crippen MR) is 83.6 cm³/mol. The van der Waals surface area contributed by atoms with Crippen molar-refractivity contribution in [3.8, 4) is 0 Å². The van der Waals surface area contributed by atoms with Crippen LogP contribution in [-0.4, -0.2) is 62.8 Å². The Labute approximate surface area is 118 Å². The van der Waals surface area contributed by atoms with Crippen molar-refractivity contribution in [1.29, 1.82) is 0 Å². The number of nitrogens with one attached hydrogen (secondary N) is 1. The predicted octanol–water partition coefficient (Wildman–Crippen LogP) is 2.32. The first-order valence-corrected chi connectivity index (χ1v) is 8.32. The Morgan fingerprint density at radius 2 is 1.89 bits per heavy atom. The summed E-state index contributed by atoms with van der Waals surface area (Å²) in [6.07, 6.45) is 3.41. The molecule has 0 heterocycles. The van der Waals surface area contributed by atoms with Crippen LogP contribution >= 0.6 is 11.8 Å². The average Bonchev–Trinajstić information content (AvgIpc) is 2.33. The number of nitrogens with zero attached hydrogens (tertiary/aromatic N) is 1. The summed E-state index contributed by atoms with van der Waals surface area (Å²) in [7, 11) is 4.00. The van der Waals surface area contributed by atoms with E-state index in [0.29, 0.717) is 18.0 Å². The molecule has 4 heteroatoms. The van der Waals surface area contributed by atoms with Crippen molar-refractivity contribution in [3.05, 3.63) is 0 Å². The Hall–Kier alpha value is 0.230. The SMILES string of the molecule is COCC(CNCC(C)C)N(C)C(C)CCSC. The minimum absolute atomic E-state index is 0.464. The van der Waals surface area contributed by atoms with Crippen molar-refractivity contribution in [1.82, 2.24) is 10.2 Å². The van der Waals surface area contributed by atoms with Crippen molar-refractivity contribution >= 4 is 11.8 Å². The summed E-state index contributed by atoms with van der Waals surface area (Å²) in [6, 6.07) is 1.07. The first kappa shape index (κ1) is 18.2. The summed E-state index contributed by atoms with van der Waals surface area (Å²) >= 11 is 1.92. The molecule has 0 aliphatic carbocycles. The normalized spacial score (nSPS) is 15.3. The second kappa shape index (κ2) is 11.1. The van der Waals surface area contributed by atoms with E-state index in [2.05, 4.69) is 44.3 Å². The summed E-state index contributed by atoms with van der Waals surface area (Å²) in [6.45, 7) is 9.66. The van der Waals surface area contributed by atoms with Gasteiger partial charge in [-0.05, 0) is 44.9 Å². The monoisotopic (exact) mass is 276 g/mol. The van der Waals surface area contributed by atoms with Crippen LogP contribution in [0, 0.1) is 5.92 Å². The van der Waals surface area contributed by atoms with Gasteiger partial charge in [-0.3, -0.25) is 4.90 Å². The Balaban J connectivity index is 4.11. The molecule has 0 aromatic heterocycles. The fraction of sp³-hybridized carbons (Fsp3) is 1.00. The van der Waals surface area contributed by atoms with Crippen LogP contribution in [0.25, 0.3) is 0 Å². The van der Waals surface area contributed by atoms with E-state index in [1.807, 2.05) is 11.8 Å². The van der Waals surface area contributed by atoms with Gasteiger partial charge in [-0.2, -0.15) is 11.8 Å². The van der Waals surface area contributed by atoms with Gasteiger partial charge in [0.25, 0.3) is 0 Å². The Bertz CT molecular complexity index is 191. The molecule has 0 rings (SSSR count). The summed E-state index contributed by atoms with van der Waals surface area (Å²) in [5, 5.41) is 3.53. The Morgan fingerprint density at radius 1 is 1.22 bits per heavy atom. The van der Waals surface area contributed by atoms with E-state index in [0.717, 1.165) is 19.7 Å². The van der Waals surface area contributed by atoms with Crippen molar-refractivity contribution < 1.29 is 4.74 Å². The number of thioether (sulfide) groups is 1. The third kappa shape index (κ3) is 8.35. The lowest BCUT2D eigenvalue weighted by molar-refractivity contribution is 0.0826. The lowest BCUT2D eigenvalue weighted by Gasteiger charge is -2.33. The molecule has 0 radical (unpaired) electrons. The van der Waals surface area contributed by atoms with Crippen molar-refractivity contribution in [2.75, 3.05) is 45.9 Å². The zero-order valence-electron chi connectivity index (χ0n) is 13.0. The third-order valence-corrected chi connectivity index (χ3v) is 3.95. The zero-order valence-corrected chi connectivity index (χ0v) is 13.8. The maximum absolute atomic E-state index is 5.35. The highest BCUT2D eigenvalue weighted by Crippen LogP contribution is 2.09. The van der Waals surface area contributed by atoms with E-state index in [1.165, 1.54) is 12.2 Å². The van der Waals surface area contributed by atoms with Crippen LogP contribution in [0.2, 0.25) is 0 Å². The summed E-state index contributed by atoms with van der Waals surface area (Å²) in [4.78, 5) is 2.45. The minimum atomic E-state index is 0.464. The number of methoxy groups -OCH3 is 1. The maximum atomic E-state index is 5.35. The molecule has 0 bridgehead atoms. The first-order chi connectivity index (χ1) is 8.52. The summed E-state index contributed by atoms with van der Waals surface area (Å²) < 4.78 is 5.35. The lowest BCUT2D eigenvalue weighted by Crippen LogP contribution is -2.47. The van der Waals surface area contributed by atoms with Gasteiger partial charge in [0, 0.05) is 25.7 Å². The Morgan fingerprint density at radius 3 is 2.39 bits per heavy atom. The van der Waals surface area contributed by atoms with Gasteiger partial charge in [-0.25, -0.2) is 0 Å². The van der Waals surface area contributed by atoms with Gasteiger partial charge in [-0.15, -0.1) is 0 Å². The largest absolute Gasteiger partial charge is 0.383 e. The Kier molecular flexibility index (Phi) is 11.2. The molecule has 0 fully saturated rings. The van der Waals surface area contributed by atoms with Crippen molar-refractivity contribution in [2.24, 2.45) is 5.92 Å². The molecule has 110 valence electrons. The average molecular weight is 276 g/mol. The van der Waals surface area contributed by atoms with E-state index < -0.39 is 0 Å². The second-order valence-corrected chi connectivity index (χ2v) is 6.44. The van der Waals surface area contributed by atoms with Crippen LogP contribution in [0.15, 0.2) is 0 Å². The van der Waals surface area contributed by atoms with Gasteiger partial charge in [0.05, 0.1) is 6.61 Å². The quantitative estimate of drug-likeness (QED) is 0.626. The number of hydrogen-bond acceptors (Lipinski definition) is 4. The van der Waals surface area contributed by atoms with Crippen molar-refractivity contribution in [2.45, 2.75) is 39.3 Å². The molecule has 2 unspecified atom stereocenters. The van der Waals surface area contributed by atoms with E-state index in [1.54, 1.807) is 7.11 Å². The number of hydrogen-bond donors (Lipinski definition) is 1. The van der Waals surface area contributed by atoms with E-state index in [4.69, 9.17) is 4.74 Å². The van der Waals surface area contributed by atoms with Crippen LogP contribution in [0.5, 0.6) is 0 Å². The van der Waals surface area contributed by atoms with Gasteiger partial charge in [-0.1, -0.05) is 13.8 Å². The molecule has 0 spiro atoms. The molecular weight excluding hydrogens is 244 g/mol. The molecule has 0 aromatic rings. The highest BCUT2D eigenvalue weighted by atomic mass is 32.2. The summed E-state index contributed by atoms with van der Waals surface area (Å²) in [5.41, 5.74) is 0. The molecule has 0 saturated carbocycles. The maximum Gasteiger partial charge on any atom is 0.0630 e. The van der Waals surface area contributed by atoms with E-state index >= 15 is 0 Å². The lowest BCUT2D eigenvalue weighted by atomic mass is 10.1. The van der Waals surface area contributed by atoms with E-state index in [-0.39, 0.29) is 0 Å². The van der Waals surface area contributed by atoms with Crippen molar-refractivity contribution in [3.63, 3.8) is 0 Å². The standard InChI is InChI=1S/C14H32N2OS/c1-12(2)9-15-10-14(11-17-5)16(4)13(3)7-8-18-6/h12-15H,7-11H2,1-6H3. The minimum Gasteiger partial charge on any atom is -0.383 e. The van der Waals surface area contributed by atoms with Gasteiger partial charge in [0.15, 0.2) is 0 Å². The molecule has 0 aromatic carbocycles. The fourth-order valence-corrected chi connectivity index (χ4v) is 2.48. The van der Waals surface area contributed by atoms with Crippen LogP contribution in [0.3, 0.4) is 0 Å². The first-order valence-electron chi connectivity index (χ1n) is 6.93. The smallest absolute Gasteiger partial charge is 0.0630 e. The van der Waals surface area contributed by atoms with Gasteiger partial charge in [0.1, 0.15) is 0 Å². The number of likely N-dealkylation sites (N-methyl/N-ethyl adjacent to an activating group) is 1. The van der Waals surface area contributed by atoms with Gasteiger partial charge >= 0.3 is 0 Å². The fourth-order valence-electron chi connectivity index (χ4n) is 1.90.